The summed E-state index contributed by atoms with van der Waals surface area (Å²) in [5.74, 6) is -4.76. The molecule has 1 aliphatic heterocycles. The number of piperidine rings is 1. The fourth-order valence-electron chi connectivity index (χ4n) is 6.66. The zero-order valence-electron chi connectivity index (χ0n) is 19.7. The third-order valence-electron chi connectivity index (χ3n) is 8.35. The number of hydrogen-bond donors (Lipinski definition) is 1. The lowest BCUT2D eigenvalue weighted by molar-refractivity contribution is -0.939. The summed E-state index contributed by atoms with van der Waals surface area (Å²) in [5, 5.41) is 11.7. The molecule has 2 aromatic rings. The zero-order valence-corrected chi connectivity index (χ0v) is 21.3. The molecule has 1 heterocycles. The second-order valence-electron chi connectivity index (χ2n) is 10.6. The zero-order chi connectivity index (χ0) is 24.1. The number of quaternary nitrogens is 1. The highest BCUT2D eigenvalue weighted by molar-refractivity contribution is 5.82. The number of likely N-dealkylation sites (tertiary alicyclic amines) is 1. The van der Waals surface area contributed by atoms with E-state index in [4.69, 9.17) is 4.74 Å². The van der Waals surface area contributed by atoms with Gasteiger partial charge >= 0.3 is 5.97 Å². The number of likely N-dealkylation sites (N-methyl/N-ethyl adjacent to an activating group) is 1. The first-order valence-electron chi connectivity index (χ1n) is 12.1. The standard InChI is InChI=1S/C27H31F3NO3.BrH/c1-31(16-18-7-10-22(28)11-8-18)17-19-9-12-23(31)24(19)34-25(32)27(33,20-5-3-2-4-6-20)21-13-14-26(29,30)15-21;/h2-8,10-11,19,21,23-24,33H,9,12-17H2,1H3;1H/q+1;/p-1/t19?,21-,23-,24?,27+,31?;/m1./s1. The molecule has 1 saturated heterocycles. The van der Waals surface area contributed by atoms with Crippen molar-refractivity contribution in [3.05, 3.63) is 71.5 Å². The van der Waals surface area contributed by atoms with Crippen molar-refractivity contribution >= 4 is 5.97 Å². The van der Waals surface area contributed by atoms with E-state index >= 15 is 0 Å². The Bertz CT molecular complexity index is 1050. The summed E-state index contributed by atoms with van der Waals surface area (Å²) in [6.07, 6.45) is 0.597. The Morgan fingerprint density at radius 2 is 1.80 bits per heavy atom. The minimum absolute atomic E-state index is 0. The van der Waals surface area contributed by atoms with Crippen LogP contribution >= 0.6 is 0 Å². The molecule has 0 aromatic heterocycles. The second kappa shape index (κ2) is 9.52. The highest BCUT2D eigenvalue weighted by Crippen LogP contribution is 2.50. The Labute approximate surface area is 214 Å². The maximum absolute atomic E-state index is 14.1. The van der Waals surface area contributed by atoms with Crippen LogP contribution in [0.25, 0.3) is 0 Å². The molecule has 5 rings (SSSR count). The van der Waals surface area contributed by atoms with Crippen molar-refractivity contribution in [1.82, 2.24) is 0 Å². The van der Waals surface area contributed by atoms with Gasteiger partial charge in [-0.15, -0.1) is 0 Å². The van der Waals surface area contributed by atoms with Crippen molar-refractivity contribution in [2.75, 3.05) is 13.6 Å². The van der Waals surface area contributed by atoms with E-state index in [9.17, 15) is 23.1 Å². The molecular weight excluding hydrogens is 523 g/mol. The van der Waals surface area contributed by atoms with Crippen molar-refractivity contribution in [2.45, 2.75) is 62.3 Å². The van der Waals surface area contributed by atoms with Gasteiger partial charge in [0, 0.05) is 30.7 Å². The molecule has 3 fully saturated rings. The summed E-state index contributed by atoms with van der Waals surface area (Å²) in [6, 6.07) is 14.9. The van der Waals surface area contributed by atoms with Gasteiger partial charge in [-0.2, -0.15) is 0 Å². The monoisotopic (exact) mass is 553 g/mol. The summed E-state index contributed by atoms with van der Waals surface area (Å²) in [7, 11) is 2.12. The topological polar surface area (TPSA) is 46.5 Å². The average Bonchev–Trinajstić information content (AvgIpc) is 3.45. The van der Waals surface area contributed by atoms with Crippen LogP contribution in [0.1, 0.15) is 43.2 Å². The molecule has 35 heavy (non-hydrogen) atoms. The van der Waals surface area contributed by atoms with Crippen molar-refractivity contribution < 1.29 is 49.3 Å². The van der Waals surface area contributed by atoms with Crippen molar-refractivity contribution in [3.8, 4) is 0 Å². The predicted octanol–water partition coefficient (Wildman–Crippen LogP) is 1.80. The normalized spacial score (nSPS) is 32.6. The maximum Gasteiger partial charge on any atom is 0.343 e. The Kier molecular flexibility index (Phi) is 7.12. The van der Waals surface area contributed by atoms with Crippen molar-refractivity contribution in [3.63, 3.8) is 0 Å². The summed E-state index contributed by atoms with van der Waals surface area (Å²) in [4.78, 5) is 13.6. The molecule has 6 atom stereocenters. The number of aliphatic hydroxyl groups is 1. The van der Waals surface area contributed by atoms with Crippen molar-refractivity contribution in [2.24, 2.45) is 11.8 Å². The summed E-state index contributed by atoms with van der Waals surface area (Å²) >= 11 is 0. The van der Waals surface area contributed by atoms with E-state index in [2.05, 4.69) is 7.05 Å². The number of benzene rings is 2. The third-order valence-corrected chi connectivity index (χ3v) is 8.35. The molecular formula is C27H31BrF3NO3. The molecule has 4 nitrogen and oxygen atoms in total. The molecule has 0 amide bonds. The number of ether oxygens (including phenoxy) is 1. The summed E-state index contributed by atoms with van der Waals surface area (Å²) in [5.41, 5.74) is -0.795. The van der Waals surface area contributed by atoms with E-state index in [0.717, 1.165) is 24.9 Å². The quantitative estimate of drug-likeness (QED) is 0.438. The molecule has 2 aliphatic carbocycles. The second-order valence-corrected chi connectivity index (χ2v) is 10.6. The van der Waals surface area contributed by atoms with Gasteiger partial charge in [-0.25, -0.2) is 18.0 Å². The van der Waals surface area contributed by atoms with Crippen LogP contribution in [0.2, 0.25) is 0 Å². The van der Waals surface area contributed by atoms with Gasteiger partial charge < -0.3 is 31.3 Å². The number of fused-ring (bicyclic) bond motifs is 2. The minimum atomic E-state index is -2.90. The first-order valence-corrected chi connectivity index (χ1v) is 12.1. The Morgan fingerprint density at radius 1 is 1.11 bits per heavy atom. The lowest BCUT2D eigenvalue weighted by Crippen LogP contribution is -3.00. The van der Waals surface area contributed by atoms with Crippen LogP contribution < -0.4 is 17.0 Å². The van der Waals surface area contributed by atoms with E-state index in [1.807, 2.05) is 0 Å². The SMILES string of the molecule is C[N+]1(Cc2ccc(F)cc2)CC2CC[C@@H]1C2OC(=O)[C@](O)(c1ccccc1)[C@@H]1CCC(F)(F)C1.[Br-]. The lowest BCUT2D eigenvalue weighted by Gasteiger charge is -2.39. The lowest BCUT2D eigenvalue weighted by atomic mass is 9.80. The molecule has 8 heteroatoms. The van der Waals surface area contributed by atoms with Crippen molar-refractivity contribution in [1.29, 1.82) is 0 Å². The van der Waals surface area contributed by atoms with Crippen LogP contribution in [0.15, 0.2) is 54.6 Å². The molecule has 2 saturated carbocycles. The van der Waals surface area contributed by atoms with E-state index in [-0.39, 0.29) is 53.7 Å². The molecule has 2 bridgehead atoms. The van der Waals surface area contributed by atoms with Gasteiger partial charge in [0.2, 0.25) is 5.92 Å². The van der Waals surface area contributed by atoms with Crippen LogP contribution in [0, 0.1) is 17.7 Å². The number of rotatable bonds is 6. The third kappa shape index (κ3) is 4.77. The highest BCUT2D eigenvalue weighted by Gasteiger charge is 2.60. The largest absolute Gasteiger partial charge is 1.00 e. The molecule has 3 unspecified atom stereocenters. The average molecular weight is 554 g/mol. The number of nitrogens with zero attached hydrogens (tertiary/aromatic N) is 1. The first kappa shape index (κ1) is 26.2. The molecule has 3 aliphatic rings. The smallest absolute Gasteiger partial charge is 0.343 e. The number of alkyl halides is 2. The van der Waals surface area contributed by atoms with Crippen LogP contribution in [0.5, 0.6) is 0 Å². The van der Waals surface area contributed by atoms with E-state index in [1.165, 1.54) is 12.1 Å². The number of esters is 1. The van der Waals surface area contributed by atoms with Gasteiger partial charge in [0.25, 0.3) is 0 Å². The van der Waals surface area contributed by atoms with E-state index < -0.39 is 29.8 Å². The number of hydrogen-bond acceptors (Lipinski definition) is 3. The Hall–Kier alpha value is -1.90. The van der Waals surface area contributed by atoms with E-state index in [0.29, 0.717) is 16.6 Å². The van der Waals surface area contributed by atoms with Gasteiger partial charge in [-0.3, -0.25) is 0 Å². The fraction of sp³-hybridized carbons (Fsp3) is 0.519. The van der Waals surface area contributed by atoms with Crippen LogP contribution in [0.3, 0.4) is 0 Å². The maximum atomic E-state index is 14.1. The first-order chi connectivity index (χ1) is 16.1. The molecule has 0 radical (unpaired) electrons. The summed E-state index contributed by atoms with van der Waals surface area (Å²) in [6.45, 7) is 1.50. The Morgan fingerprint density at radius 3 is 2.43 bits per heavy atom. The summed E-state index contributed by atoms with van der Waals surface area (Å²) < 4.78 is 48.2. The molecule has 2 aromatic carbocycles. The molecule has 190 valence electrons. The Balaban J connectivity index is 0.00000289. The molecule has 0 spiro atoms. The number of halogens is 4. The fourth-order valence-corrected chi connectivity index (χ4v) is 6.66. The molecule has 1 N–H and O–H groups in total. The van der Waals surface area contributed by atoms with Gasteiger partial charge in [0.1, 0.15) is 18.4 Å². The predicted molar refractivity (Wildman–Crippen MR) is 120 cm³/mol. The van der Waals surface area contributed by atoms with Gasteiger partial charge in [-0.05, 0) is 30.5 Å². The van der Waals surface area contributed by atoms with E-state index in [1.54, 1.807) is 42.5 Å². The van der Waals surface area contributed by atoms with Gasteiger partial charge in [-0.1, -0.05) is 42.5 Å². The van der Waals surface area contributed by atoms with Crippen LogP contribution in [0.4, 0.5) is 13.2 Å². The van der Waals surface area contributed by atoms with Gasteiger partial charge in [0.15, 0.2) is 11.7 Å². The van der Waals surface area contributed by atoms with Gasteiger partial charge in [0.05, 0.1) is 19.5 Å². The van der Waals surface area contributed by atoms with Crippen LogP contribution in [-0.2, 0) is 21.7 Å². The number of carbonyl (C=O) groups is 1. The highest BCUT2D eigenvalue weighted by atomic mass is 79.9. The van der Waals surface area contributed by atoms with Crippen LogP contribution in [-0.4, -0.2) is 47.2 Å². The number of carbonyl (C=O) groups excluding carboxylic acids is 1. The minimum Gasteiger partial charge on any atom is -1.00 e.